The van der Waals surface area contributed by atoms with Gasteiger partial charge < -0.3 is 9.47 Å². The van der Waals surface area contributed by atoms with Crippen LogP contribution in [0.4, 0.5) is 0 Å². The molecule has 0 amide bonds. The molecule has 33 heavy (non-hydrogen) atoms. The second kappa shape index (κ2) is 10.4. The monoisotopic (exact) mass is 647 g/mol. The number of carbonyl (C=O) groups excluding carboxylic acids is 1. The van der Waals surface area contributed by atoms with Gasteiger partial charge in [-0.3, -0.25) is 0 Å². The van der Waals surface area contributed by atoms with Crippen molar-refractivity contribution in [1.82, 2.24) is 0 Å². The van der Waals surface area contributed by atoms with E-state index in [1.165, 1.54) is 0 Å². The van der Waals surface area contributed by atoms with E-state index in [9.17, 15) is 4.79 Å². The van der Waals surface area contributed by atoms with Crippen molar-refractivity contribution in [2.75, 3.05) is 0 Å². The summed E-state index contributed by atoms with van der Waals surface area (Å²) in [4.78, 5) is 16.6. The first-order valence-electron chi connectivity index (χ1n) is 9.25. The number of benzene rings is 3. The molecule has 4 nitrogen and oxygen atoms in total. The molecule has 0 N–H and O–H groups in total. The van der Waals surface area contributed by atoms with Crippen molar-refractivity contribution in [3.63, 3.8) is 0 Å². The maximum Gasteiger partial charge on any atom is 0.363 e. The molecule has 0 spiro atoms. The summed E-state index contributed by atoms with van der Waals surface area (Å²) < 4.78 is 12.6. The van der Waals surface area contributed by atoms with Crippen LogP contribution in [0.1, 0.15) is 16.7 Å². The molecule has 10 heteroatoms. The molecule has 0 fully saturated rings. The summed E-state index contributed by atoms with van der Waals surface area (Å²) in [5.74, 6) is 0.130. The average molecular weight is 651 g/mol. The number of halogens is 6. The predicted octanol–water partition coefficient (Wildman–Crippen LogP) is 8.75. The second-order valence-corrected chi connectivity index (χ2v) is 10.2. The Morgan fingerprint density at radius 2 is 1.64 bits per heavy atom. The van der Waals surface area contributed by atoms with Crippen LogP contribution >= 0.6 is 78.3 Å². The quantitative estimate of drug-likeness (QED) is 0.205. The van der Waals surface area contributed by atoms with Crippen molar-refractivity contribution in [3.05, 3.63) is 100.0 Å². The summed E-state index contributed by atoms with van der Waals surface area (Å²) in [6.45, 7) is 0.288. The third-order valence-corrected chi connectivity index (χ3v) is 6.94. The summed E-state index contributed by atoms with van der Waals surface area (Å²) in [5.41, 5.74) is 2.19. The molecule has 0 atom stereocenters. The number of esters is 1. The van der Waals surface area contributed by atoms with Crippen LogP contribution in [-0.4, -0.2) is 11.9 Å². The molecule has 0 bridgehead atoms. The normalized spacial score (nSPS) is 14.4. The smallest absolute Gasteiger partial charge is 0.363 e. The van der Waals surface area contributed by atoms with E-state index in [1.54, 1.807) is 48.5 Å². The van der Waals surface area contributed by atoms with E-state index < -0.39 is 5.97 Å². The van der Waals surface area contributed by atoms with Gasteiger partial charge in [-0.05, 0) is 91.5 Å². The summed E-state index contributed by atoms with van der Waals surface area (Å²) >= 11 is 31.2. The highest BCUT2D eigenvalue weighted by Crippen LogP contribution is 2.37. The molecule has 0 saturated carbocycles. The lowest BCUT2D eigenvalue weighted by molar-refractivity contribution is -0.129. The van der Waals surface area contributed by atoms with E-state index in [0.29, 0.717) is 45.9 Å². The van der Waals surface area contributed by atoms with Gasteiger partial charge >= 0.3 is 5.97 Å². The first-order valence-corrected chi connectivity index (χ1v) is 12.3. The molecule has 1 heterocycles. The third-order valence-electron chi connectivity index (χ3n) is 4.47. The van der Waals surface area contributed by atoms with Crippen LogP contribution in [-0.2, 0) is 16.1 Å². The van der Waals surface area contributed by atoms with Crippen molar-refractivity contribution < 1.29 is 14.3 Å². The van der Waals surface area contributed by atoms with Gasteiger partial charge in [0, 0.05) is 5.02 Å². The van der Waals surface area contributed by atoms with Crippen molar-refractivity contribution in [2.45, 2.75) is 6.61 Å². The average Bonchev–Trinajstić information content (AvgIpc) is 3.09. The Balaban J connectivity index is 1.56. The first kappa shape index (κ1) is 24.6. The SMILES string of the molecule is O=C1OC(c2ccc(Cl)cc2Cl)=N/C1=C\c1cc(Br)c(OCc2ccc(Cl)c(Cl)c2)c(Br)c1. The van der Waals surface area contributed by atoms with Crippen molar-refractivity contribution >= 4 is 96.2 Å². The third kappa shape index (κ3) is 5.76. The Bertz CT molecular complexity index is 1320. The maximum atomic E-state index is 12.3. The molecule has 0 unspecified atom stereocenters. The van der Waals surface area contributed by atoms with E-state index in [1.807, 2.05) is 6.07 Å². The van der Waals surface area contributed by atoms with Crippen LogP contribution in [0.2, 0.25) is 20.1 Å². The zero-order chi connectivity index (χ0) is 23.7. The molecule has 3 aromatic carbocycles. The van der Waals surface area contributed by atoms with Crippen molar-refractivity contribution in [3.8, 4) is 5.75 Å². The highest BCUT2D eigenvalue weighted by molar-refractivity contribution is 9.11. The lowest BCUT2D eigenvalue weighted by Crippen LogP contribution is -2.05. The van der Waals surface area contributed by atoms with Crippen molar-refractivity contribution in [2.24, 2.45) is 4.99 Å². The van der Waals surface area contributed by atoms with Crippen LogP contribution in [0, 0.1) is 0 Å². The highest BCUT2D eigenvalue weighted by atomic mass is 79.9. The number of carbonyl (C=O) groups is 1. The number of hydrogen-bond acceptors (Lipinski definition) is 4. The van der Waals surface area contributed by atoms with Gasteiger partial charge in [0.15, 0.2) is 5.70 Å². The fraction of sp³-hybridized carbons (Fsp3) is 0.0435. The topological polar surface area (TPSA) is 47.9 Å². The Morgan fingerprint density at radius 3 is 2.30 bits per heavy atom. The molecule has 0 saturated heterocycles. The van der Waals surface area contributed by atoms with E-state index >= 15 is 0 Å². The zero-order valence-corrected chi connectivity index (χ0v) is 22.5. The number of hydrogen-bond donors (Lipinski definition) is 0. The minimum atomic E-state index is -0.580. The number of rotatable bonds is 5. The Labute approximate surface area is 226 Å². The molecular formula is C23H11Br2Cl4NO3. The highest BCUT2D eigenvalue weighted by Gasteiger charge is 2.26. The van der Waals surface area contributed by atoms with E-state index in [4.69, 9.17) is 55.9 Å². The van der Waals surface area contributed by atoms with Crippen LogP contribution in [0.15, 0.2) is 68.2 Å². The molecule has 168 valence electrons. The lowest BCUT2D eigenvalue weighted by Gasteiger charge is -2.12. The fourth-order valence-corrected chi connectivity index (χ4v) is 5.19. The van der Waals surface area contributed by atoms with E-state index in [2.05, 4.69) is 36.9 Å². The fourth-order valence-electron chi connectivity index (χ4n) is 2.93. The lowest BCUT2D eigenvalue weighted by atomic mass is 10.2. The minimum Gasteiger partial charge on any atom is -0.487 e. The van der Waals surface area contributed by atoms with E-state index in [-0.39, 0.29) is 18.2 Å². The van der Waals surface area contributed by atoms with Crippen LogP contribution in [0.25, 0.3) is 6.08 Å². The Kier molecular flexibility index (Phi) is 7.73. The van der Waals surface area contributed by atoms with Crippen LogP contribution in [0.3, 0.4) is 0 Å². The van der Waals surface area contributed by atoms with Gasteiger partial charge in [0.05, 0.1) is 29.6 Å². The molecular weight excluding hydrogens is 640 g/mol. The van der Waals surface area contributed by atoms with Gasteiger partial charge in [-0.25, -0.2) is 9.79 Å². The molecule has 0 radical (unpaired) electrons. The number of ether oxygens (including phenoxy) is 2. The molecule has 1 aliphatic heterocycles. The molecule has 3 aromatic rings. The summed E-state index contributed by atoms with van der Waals surface area (Å²) in [7, 11) is 0. The van der Waals surface area contributed by atoms with Gasteiger partial charge in [0.1, 0.15) is 12.4 Å². The van der Waals surface area contributed by atoms with Gasteiger partial charge in [0.25, 0.3) is 0 Å². The van der Waals surface area contributed by atoms with Gasteiger partial charge in [0.2, 0.25) is 5.90 Å². The van der Waals surface area contributed by atoms with Crippen LogP contribution in [0.5, 0.6) is 5.75 Å². The van der Waals surface area contributed by atoms with Gasteiger partial charge in [-0.2, -0.15) is 0 Å². The molecule has 0 aliphatic carbocycles. The second-order valence-electron chi connectivity index (χ2n) is 6.81. The van der Waals surface area contributed by atoms with Gasteiger partial charge in [-0.1, -0.05) is 52.5 Å². The zero-order valence-electron chi connectivity index (χ0n) is 16.3. The Hall–Kier alpha value is -1.54. The summed E-state index contributed by atoms with van der Waals surface area (Å²) in [6, 6.07) is 13.8. The summed E-state index contributed by atoms with van der Waals surface area (Å²) in [6.07, 6.45) is 1.61. The first-order chi connectivity index (χ1) is 15.7. The van der Waals surface area contributed by atoms with Crippen LogP contribution < -0.4 is 4.74 Å². The largest absolute Gasteiger partial charge is 0.487 e. The molecule has 0 aromatic heterocycles. The Morgan fingerprint density at radius 1 is 0.909 bits per heavy atom. The molecule has 4 rings (SSSR count). The maximum absolute atomic E-state index is 12.3. The standard InChI is InChI=1S/C23H11Br2Cl4NO3/c24-15-5-12(6-16(25)21(15)32-10-11-1-4-17(27)19(29)7-11)8-20-23(31)33-22(30-20)14-3-2-13(26)9-18(14)28/h1-9H,10H2/b20-8-. The summed E-state index contributed by atoms with van der Waals surface area (Å²) in [5, 5.41) is 1.75. The minimum absolute atomic E-state index is 0.118. The van der Waals surface area contributed by atoms with Gasteiger partial charge in [-0.15, -0.1) is 0 Å². The predicted molar refractivity (Wildman–Crippen MR) is 140 cm³/mol. The number of cyclic esters (lactones) is 1. The number of aliphatic imine (C=N–C) groups is 1. The van der Waals surface area contributed by atoms with Crippen molar-refractivity contribution in [1.29, 1.82) is 0 Å². The molecule has 1 aliphatic rings. The van der Waals surface area contributed by atoms with E-state index in [0.717, 1.165) is 5.56 Å². The number of nitrogens with zero attached hydrogens (tertiary/aromatic N) is 1.